The minimum absolute atomic E-state index is 0.000295. The van der Waals surface area contributed by atoms with Gasteiger partial charge in [0.15, 0.2) is 0 Å². The molecule has 0 spiro atoms. The second-order valence-electron chi connectivity index (χ2n) is 5.83. The standard InChI is InChI=1S/C18H18N2O4S/c1-13-6-2-3-7-14(13)12-19-17(21)10-11-20-18(22)15-8-4-5-9-16(15)25(20,23)24/h2-9H,10-12H2,1H3,(H,19,21). The fourth-order valence-electron chi connectivity index (χ4n) is 2.75. The molecular weight excluding hydrogens is 340 g/mol. The first-order valence-electron chi connectivity index (χ1n) is 7.88. The smallest absolute Gasteiger partial charge is 0.269 e. The predicted octanol–water partition coefficient (Wildman–Crippen LogP) is 1.85. The highest BCUT2D eigenvalue weighted by atomic mass is 32.2. The van der Waals surface area contributed by atoms with Crippen LogP contribution in [0, 0.1) is 6.92 Å². The normalized spacial score (nSPS) is 15.1. The molecule has 1 N–H and O–H groups in total. The third kappa shape index (κ3) is 3.28. The lowest BCUT2D eigenvalue weighted by Crippen LogP contribution is -2.34. The monoisotopic (exact) mass is 358 g/mol. The van der Waals surface area contributed by atoms with Gasteiger partial charge in [-0.05, 0) is 30.2 Å². The second kappa shape index (κ2) is 6.68. The van der Waals surface area contributed by atoms with E-state index in [1.165, 1.54) is 12.1 Å². The highest BCUT2D eigenvalue weighted by molar-refractivity contribution is 7.90. The Balaban J connectivity index is 1.62. The summed E-state index contributed by atoms with van der Waals surface area (Å²) in [5.41, 5.74) is 2.21. The number of fused-ring (bicyclic) bond motifs is 1. The van der Waals surface area contributed by atoms with E-state index in [1.54, 1.807) is 12.1 Å². The van der Waals surface area contributed by atoms with E-state index in [2.05, 4.69) is 5.32 Å². The fraction of sp³-hybridized carbons (Fsp3) is 0.222. The Bertz CT molecular complexity index is 938. The van der Waals surface area contributed by atoms with Crippen molar-refractivity contribution < 1.29 is 18.0 Å². The number of nitrogens with one attached hydrogen (secondary N) is 1. The molecule has 7 heteroatoms. The number of sulfonamides is 1. The summed E-state index contributed by atoms with van der Waals surface area (Å²) < 4.78 is 25.6. The summed E-state index contributed by atoms with van der Waals surface area (Å²) in [7, 11) is -3.86. The molecule has 2 aromatic carbocycles. The molecule has 0 unspecified atom stereocenters. The molecule has 130 valence electrons. The fourth-order valence-corrected chi connectivity index (χ4v) is 4.32. The van der Waals surface area contributed by atoms with Gasteiger partial charge in [-0.3, -0.25) is 9.59 Å². The van der Waals surface area contributed by atoms with Crippen LogP contribution in [0.25, 0.3) is 0 Å². The van der Waals surface area contributed by atoms with Crippen molar-refractivity contribution in [1.29, 1.82) is 0 Å². The van der Waals surface area contributed by atoms with Crippen LogP contribution in [-0.2, 0) is 21.4 Å². The summed E-state index contributed by atoms with van der Waals surface area (Å²) in [4.78, 5) is 24.3. The lowest BCUT2D eigenvalue weighted by Gasteiger charge is -2.15. The first-order valence-corrected chi connectivity index (χ1v) is 9.32. The topological polar surface area (TPSA) is 83.6 Å². The molecule has 2 amide bonds. The maximum atomic E-state index is 12.4. The van der Waals surface area contributed by atoms with Gasteiger partial charge in [-0.15, -0.1) is 0 Å². The van der Waals surface area contributed by atoms with Gasteiger partial charge in [0.2, 0.25) is 5.91 Å². The van der Waals surface area contributed by atoms with Gasteiger partial charge >= 0.3 is 0 Å². The minimum atomic E-state index is -3.86. The number of carbonyl (C=O) groups excluding carboxylic acids is 2. The van der Waals surface area contributed by atoms with Crippen LogP contribution in [0.1, 0.15) is 27.9 Å². The van der Waals surface area contributed by atoms with E-state index < -0.39 is 15.9 Å². The lowest BCUT2D eigenvalue weighted by atomic mass is 10.1. The summed E-state index contributed by atoms with van der Waals surface area (Å²) in [6.07, 6.45) is -0.0785. The molecular formula is C18H18N2O4S. The van der Waals surface area contributed by atoms with Gasteiger partial charge in [-0.1, -0.05) is 36.4 Å². The van der Waals surface area contributed by atoms with Crippen LogP contribution in [-0.4, -0.2) is 31.1 Å². The lowest BCUT2D eigenvalue weighted by molar-refractivity contribution is -0.121. The van der Waals surface area contributed by atoms with Crippen molar-refractivity contribution in [2.45, 2.75) is 24.8 Å². The summed E-state index contributed by atoms with van der Waals surface area (Å²) in [5, 5.41) is 2.76. The SMILES string of the molecule is Cc1ccccc1CNC(=O)CCN1C(=O)c2ccccc2S1(=O)=O. The van der Waals surface area contributed by atoms with Crippen LogP contribution in [0.2, 0.25) is 0 Å². The summed E-state index contributed by atoms with van der Waals surface area (Å²) in [6, 6.07) is 13.7. The summed E-state index contributed by atoms with van der Waals surface area (Å²) >= 11 is 0. The number of nitrogens with zero attached hydrogens (tertiary/aromatic N) is 1. The number of amides is 2. The highest BCUT2D eigenvalue weighted by Gasteiger charge is 2.40. The van der Waals surface area contributed by atoms with Gasteiger partial charge < -0.3 is 5.32 Å². The van der Waals surface area contributed by atoms with Crippen molar-refractivity contribution in [3.8, 4) is 0 Å². The van der Waals surface area contributed by atoms with E-state index in [1.807, 2.05) is 31.2 Å². The molecule has 0 fully saturated rings. The first kappa shape index (κ1) is 17.2. The largest absolute Gasteiger partial charge is 0.352 e. The summed E-state index contributed by atoms with van der Waals surface area (Å²) in [6.45, 7) is 2.15. The molecule has 1 aliphatic heterocycles. The Morgan fingerprint density at radius 1 is 1.08 bits per heavy atom. The Hall–Kier alpha value is -2.67. The van der Waals surface area contributed by atoms with E-state index in [4.69, 9.17) is 0 Å². The van der Waals surface area contributed by atoms with E-state index in [-0.39, 0.29) is 29.3 Å². The molecule has 3 rings (SSSR count). The minimum Gasteiger partial charge on any atom is -0.352 e. The Labute approximate surface area is 146 Å². The predicted molar refractivity (Wildman–Crippen MR) is 92.3 cm³/mol. The number of hydrogen-bond acceptors (Lipinski definition) is 4. The van der Waals surface area contributed by atoms with Gasteiger partial charge in [-0.2, -0.15) is 0 Å². The Morgan fingerprint density at radius 3 is 2.48 bits per heavy atom. The van der Waals surface area contributed by atoms with Gasteiger partial charge in [-0.25, -0.2) is 12.7 Å². The number of carbonyl (C=O) groups is 2. The molecule has 0 saturated carbocycles. The van der Waals surface area contributed by atoms with E-state index in [0.29, 0.717) is 6.54 Å². The maximum Gasteiger partial charge on any atom is 0.269 e. The molecule has 0 bridgehead atoms. The number of aryl methyl sites for hydroxylation is 1. The zero-order valence-corrected chi connectivity index (χ0v) is 14.5. The highest BCUT2D eigenvalue weighted by Crippen LogP contribution is 2.29. The second-order valence-corrected chi connectivity index (χ2v) is 7.66. The van der Waals surface area contributed by atoms with Gasteiger partial charge in [0, 0.05) is 19.5 Å². The van der Waals surface area contributed by atoms with Crippen LogP contribution in [0.3, 0.4) is 0 Å². The van der Waals surface area contributed by atoms with E-state index in [0.717, 1.165) is 15.4 Å². The van der Waals surface area contributed by atoms with Gasteiger partial charge in [0.25, 0.3) is 15.9 Å². The van der Waals surface area contributed by atoms with Crippen molar-refractivity contribution >= 4 is 21.8 Å². The molecule has 25 heavy (non-hydrogen) atoms. The third-order valence-corrected chi connectivity index (χ3v) is 6.03. The molecule has 1 aliphatic rings. The van der Waals surface area contributed by atoms with Crippen molar-refractivity contribution in [2.75, 3.05) is 6.54 Å². The molecule has 0 aliphatic carbocycles. The van der Waals surface area contributed by atoms with Crippen molar-refractivity contribution in [2.24, 2.45) is 0 Å². The summed E-state index contributed by atoms with van der Waals surface area (Å²) in [5.74, 6) is -0.885. The van der Waals surface area contributed by atoms with Crippen molar-refractivity contribution in [3.05, 3.63) is 65.2 Å². The molecule has 0 saturated heterocycles. The molecule has 6 nitrogen and oxygen atoms in total. The van der Waals surface area contributed by atoms with E-state index >= 15 is 0 Å². The van der Waals surface area contributed by atoms with Gasteiger partial charge in [0.05, 0.1) is 5.56 Å². The number of benzene rings is 2. The number of hydrogen-bond donors (Lipinski definition) is 1. The van der Waals surface area contributed by atoms with Crippen LogP contribution in [0.15, 0.2) is 53.4 Å². The molecule has 1 heterocycles. The van der Waals surface area contributed by atoms with E-state index in [9.17, 15) is 18.0 Å². The maximum absolute atomic E-state index is 12.4. The zero-order chi connectivity index (χ0) is 18.0. The third-order valence-electron chi connectivity index (χ3n) is 4.19. The van der Waals surface area contributed by atoms with Gasteiger partial charge in [0.1, 0.15) is 4.90 Å². The quantitative estimate of drug-likeness (QED) is 0.884. The van der Waals surface area contributed by atoms with Crippen molar-refractivity contribution in [1.82, 2.24) is 9.62 Å². The van der Waals surface area contributed by atoms with Crippen molar-refractivity contribution in [3.63, 3.8) is 0 Å². The average Bonchev–Trinajstić information content (AvgIpc) is 2.79. The molecule has 0 atom stereocenters. The molecule has 2 aromatic rings. The first-order chi connectivity index (χ1) is 11.9. The zero-order valence-electron chi connectivity index (χ0n) is 13.7. The Morgan fingerprint density at radius 2 is 1.76 bits per heavy atom. The van der Waals surface area contributed by atoms with Crippen LogP contribution in [0.4, 0.5) is 0 Å². The van der Waals surface area contributed by atoms with Crippen LogP contribution < -0.4 is 5.32 Å². The molecule has 0 radical (unpaired) electrons. The number of rotatable bonds is 5. The van der Waals surface area contributed by atoms with Crippen LogP contribution in [0.5, 0.6) is 0 Å². The molecule has 0 aromatic heterocycles. The van der Waals surface area contributed by atoms with Crippen LogP contribution >= 0.6 is 0 Å². The Kier molecular flexibility index (Phi) is 4.59. The average molecular weight is 358 g/mol.